The molecule has 0 aliphatic carbocycles. The van der Waals surface area contributed by atoms with Crippen molar-refractivity contribution in [1.82, 2.24) is 14.8 Å². The molecule has 118 valence electrons. The smallest absolute Gasteiger partial charge is 0.336 e. The Hall–Kier alpha value is -1.96. The van der Waals surface area contributed by atoms with Crippen LogP contribution in [0.25, 0.3) is 16.7 Å². The molecule has 0 radical (unpaired) electrons. The summed E-state index contributed by atoms with van der Waals surface area (Å²) in [5.74, 6) is -0.852. The first-order chi connectivity index (χ1) is 10.9. The van der Waals surface area contributed by atoms with Crippen LogP contribution in [-0.2, 0) is 0 Å². The standard InChI is InChI=1S/C17H16IN3O2/c1-9(2)15-14-13(17(22)23)8-10(3)19-16(14)21(20-15)12-6-4-11(18)5-7-12/h4-9H,1-3H3,(H,22,23). The van der Waals surface area contributed by atoms with E-state index in [9.17, 15) is 9.90 Å². The minimum absolute atomic E-state index is 0.102. The number of aromatic nitrogens is 3. The molecule has 1 aromatic carbocycles. The van der Waals surface area contributed by atoms with Crippen LogP contribution in [0.5, 0.6) is 0 Å². The van der Waals surface area contributed by atoms with Crippen LogP contribution in [0, 0.1) is 10.5 Å². The lowest BCUT2D eigenvalue weighted by molar-refractivity contribution is 0.0698. The number of aryl methyl sites for hydroxylation is 1. The molecule has 0 aliphatic rings. The molecule has 0 spiro atoms. The van der Waals surface area contributed by atoms with E-state index < -0.39 is 5.97 Å². The van der Waals surface area contributed by atoms with Crippen molar-refractivity contribution in [3.8, 4) is 5.69 Å². The summed E-state index contributed by atoms with van der Waals surface area (Å²) in [6.07, 6.45) is 0. The van der Waals surface area contributed by atoms with Gasteiger partial charge in [0.05, 0.1) is 22.3 Å². The van der Waals surface area contributed by atoms with E-state index in [1.165, 1.54) is 0 Å². The SMILES string of the molecule is Cc1cc(C(=O)O)c2c(C(C)C)nn(-c3ccc(I)cc3)c2n1. The van der Waals surface area contributed by atoms with Gasteiger partial charge in [-0.2, -0.15) is 5.10 Å². The number of carboxylic acids is 1. The summed E-state index contributed by atoms with van der Waals surface area (Å²) in [5.41, 5.74) is 3.14. The highest BCUT2D eigenvalue weighted by molar-refractivity contribution is 14.1. The number of aromatic carboxylic acids is 1. The van der Waals surface area contributed by atoms with Crippen molar-refractivity contribution >= 4 is 39.6 Å². The Morgan fingerprint density at radius 1 is 1.26 bits per heavy atom. The minimum atomic E-state index is -0.954. The van der Waals surface area contributed by atoms with Gasteiger partial charge < -0.3 is 5.11 Å². The predicted molar refractivity (Wildman–Crippen MR) is 97.4 cm³/mol. The Morgan fingerprint density at radius 3 is 2.48 bits per heavy atom. The van der Waals surface area contributed by atoms with Crippen molar-refractivity contribution in [3.63, 3.8) is 0 Å². The highest BCUT2D eigenvalue weighted by atomic mass is 127. The Kier molecular flexibility index (Phi) is 4.09. The minimum Gasteiger partial charge on any atom is -0.478 e. The van der Waals surface area contributed by atoms with Crippen LogP contribution in [0.2, 0.25) is 0 Å². The van der Waals surface area contributed by atoms with E-state index in [0.717, 1.165) is 15.0 Å². The summed E-state index contributed by atoms with van der Waals surface area (Å²) < 4.78 is 2.86. The lowest BCUT2D eigenvalue weighted by Crippen LogP contribution is -2.02. The second kappa shape index (κ2) is 5.92. The van der Waals surface area contributed by atoms with Crippen LogP contribution in [-0.4, -0.2) is 25.8 Å². The predicted octanol–water partition coefficient (Wildman–Crippen LogP) is 4.16. The number of hydrogen-bond donors (Lipinski definition) is 1. The zero-order valence-corrected chi connectivity index (χ0v) is 15.2. The number of hydrogen-bond acceptors (Lipinski definition) is 3. The number of halogens is 1. The van der Waals surface area contributed by atoms with Gasteiger partial charge in [0, 0.05) is 9.26 Å². The number of rotatable bonds is 3. The van der Waals surface area contributed by atoms with E-state index >= 15 is 0 Å². The first-order valence-electron chi connectivity index (χ1n) is 7.28. The van der Waals surface area contributed by atoms with Crippen LogP contribution >= 0.6 is 22.6 Å². The molecule has 0 saturated carbocycles. The molecule has 2 heterocycles. The first-order valence-corrected chi connectivity index (χ1v) is 8.36. The number of carboxylic acid groups (broad SMARTS) is 1. The van der Waals surface area contributed by atoms with E-state index in [2.05, 4.69) is 32.7 Å². The summed E-state index contributed by atoms with van der Waals surface area (Å²) in [4.78, 5) is 16.2. The van der Waals surface area contributed by atoms with E-state index in [4.69, 9.17) is 0 Å². The molecule has 0 saturated heterocycles. The molecule has 1 N–H and O–H groups in total. The van der Waals surface area contributed by atoms with Crippen molar-refractivity contribution in [2.45, 2.75) is 26.7 Å². The van der Waals surface area contributed by atoms with Gasteiger partial charge in [0.15, 0.2) is 5.65 Å². The van der Waals surface area contributed by atoms with Gasteiger partial charge in [-0.15, -0.1) is 0 Å². The monoisotopic (exact) mass is 421 g/mol. The Balaban J connectivity index is 2.40. The summed E-state index contributed by atoms with van der Waals surface area (Å²) >= 11 is 2.25. The van der Waals surface area contributed by atoms with Crippen LogP contribution < -0.4 is 0 Å². The van der Waals surface area contributed by atoms with E-state index in [0.29, 0.717) is 16.7 Å². The number of nitrogens with zero attached hydrogens (tertiary/aromatic N) is 3. The van der Waals surface area contributed by atoms with E-state index in [1.807, 2.05) is 38.1 Å². The largest absolute Gasteiger partial charge is 0.478 e. The lowest BCUT2D eigenvalue weighted by Gasteiger charge is -2.05. The second-order valence-corrected chi connectivity index (χ2v) is 6.99. The molecule has 3 aromatic rings. The first kappa shape index (κ1) is 15.9. The van der Waals surface area contributed by atoms with Crippen molar-refractivity contribution in [3.05, 3.63) is 50.9 Å². The molecule has 3 rings (SSSR count). The van der Waals surface area contributed by atoms with Gasteiger partial charge >= 0.3 is 5.97 Å². The highest BCUT2D eigenvalue weighted by Gasteiger charge is 2.22. The molecule has 0 bridgehead atoms. The molecular formula is C17H16IN3O2. The van der Waals surface area contributed by atoms with Crippen LogP contribution in [0.3, 0.4) is 0 Å². The Labute approximate surface area is 147 Å². The third-order valence-electron chi connectivity index (χ3n) is 3.64. The average molecular weight is 421 g/mol. The maximum absolute atomic E-state index is 11.7. The van der Waals surface area contributed by atoms with Crippen LogP contribution in [0.15, 0.2) is 30.3 Å². The van der Waals surface area contributed by atoms with E-state index in [1.54, 1.807) is 17.7 Å². The lowest BCUT2D eigenvalue weighted by atomic mass is 10.0. The summed E-state index contributed by atoms with van der Waals surface area (Å²) in [7, 11) is 0. The van der Waals surface area contributed by atoms with Gasteiger partial charge in [-0.1, -0.05) is 13.8 Å². The molecule has 0 aliphatic heterocycles. The number of fused-ring (bicyclic) bond motifs is 1. The van der Waals surface area contributed by atoms with Gasteiger partial charge in [-0.05, 0) is 65.8 Å². The van der Waals surface area contributed by atoms with Crippen LogP contribution in [0.1, 0.15) is 41.5 Å². The number of pyridine rings is 1. The molecule has 6 heteroatoms. The van der Waals surface area contributed by atoms with Crippen molar-refractivity contribution in [1.29, 1.82) is 0 Å². The molecule has 0 fully saturated rings. The fourth-order valence-electron chi connectivity index (χ4n) is 2.60. The average Bonchev–Trinajstić information content (AvgIpc) is 2.86. The molecule has 2 aromatic heterocycles. The zero-order valence-electron chi connectivity index (χ0n) is 13.0. The maximum Gasteiger partial charge on any atom is 0.336 e. The normalized spacial score (nSPS) is 11.3. The van der Waals surface area contributed by atoms with Crippen molar-refractivity contribution in [2.24, 2.45) is 0 Å². The molecule has 0 unspecified atom stereocenters. The maximum atomic E-state index is 11.7. The molecule has 5 nitrogen and oxygen atoms in total. The summed E-state index contributed by atoms with van der Waals surface area (Å²) in [5, 5.41) is 14.8. The fraction of sp³-hybridized carbons (Fsp3) is 0.235. The molecule has 0 amide bonds. The second-order valence-electron chi connectivity index (χ2n) is 5.74. The molecule has 0 atom stereocenters. The van der Waals surface area contributed by atoms with Gasteiger partial charge in [0.25, 0.3) is 0 Å². The van der Waals surface area contributed by atoms with Crippen molar-refractivity contribution in [2.75, 3.05) is 0 Å². The van der Waals surface area contributed by atoms with Crippen molar-refractivity contribution < 1.29 is 9.90 Å². The summed E-state index contributed by atoms with van der Waals surface area (Å²) in [6.45, 7) is 5.81. The molecule has 23 heavy (non-hydrogen) atoms. The number of carbonyl (C=O) groups is 1. The Morgan fingerprint density at radius 2 is 1.91 bits per heavy atom. The fourth-order valence-corrected chi connectivity index (χ4v) is 2.96. The van der Waals surface area contributed by atoms with Gasteiger partial charge in [0.2, 0.25) is 0 Å². The molecular weight excluding hydrogens is 405 g/mol. The van der Waals surface area contributed by atoms with Gasteiger partial charge in [-0.3, -0.25) is 0 Å². The van der Waals surface area contributed by atoms with Crippen LogP contribution in [0.4, 0.5) is 0 Å². The van der Waals surface area contributed by atoms with Gasteiger partial charge in [-0.25, -0.2) is 14.5 Å². The number of benzene rings is 1. The quantitative estimate of drug-likeness (QED) is 0.646. The summed E-state index contributed by atoms with van der Waals surface area (Å²) in [6, 6.07) is 9.51. The topological polar surface area (TPSA) is 68.0 Å². The highest BCUT2D eigenvalue weighted by Crippen LogP contribution is 2.29. The third kappa shape index (κ3) is 2.83. The van der Waals surface area contributed by atoms with Gasteiger partial charge in [0.1, 0.15) is 0 Å². The van der Waals surface area contributed by atoms with E-state index in [-0.39, 0.29) is 11.5 Å². The zero-order chi connectivity index (χ0) is 16.7. The third-order valence-corrected chi connectivity index (χ3v) is 4.36. The Bertz CT molecular complexity index is 898.